The Morgan fingerprint density at radius 3 is 2.52 bits per heavy atom. The molecule has 0 radical (unpaired) electrons. The van der Waals surface area contributed by atoms with Crippen LogP contribution in [0.2, 0.25) is 0 Å². The Balaban J connectivity index is 1.79. The van der Waals surface area contributed by atoms with E-state index in [0.717, 1.165) is 16.0 Å². The average molecular weight is 319 g/mol. The number of aryl methyl sites for hydroxylation is 1. The highest BCUT2D eigenvalue weighted by Crippen LogP contribution is 2.19. The molecular weight excluding hydrogens is 302 g/mol. The SMILES string of the molecule is Cc1scc(C(=O)NNC(=S)NCc2ccccc2)c1C. The van der Waals surface area contributed by atoms with Gasteiger partial charge in [0.15, 0.2) is 5.11 Å². The summed E-state index contributed by atoms with van der Waals surface area (Å²) >= 11 is 6.69. The van der Waals surface area contributed by atoms with Crippen molar-refractivity contribution in [3.05, 3.63) is 57.3 Å². The molecule has 0 atom stereocenters. The van der Waals surface area contributed by atoms with E-state index in [1.165, 1.54) is 0 Å². The van der Waals surface area contributed by atoms with E-state index in [-0.39, 0.29) is 5.91 Å². The predicted octanol–water partition coefficient (Wildman–Crippen LogP) is 2.67. The number of hydrogen-bond acceptors (Lipinski definition) is 3. The lowest BCUT2D eigenvalue weighted by Crippen LogP contribution is -2.46. The maximum Gasteiger partial charge on any atom is 0.270 e. The number of carbonyl (C=O) groups is 1. The zero-order valence-corrected chi connectivity index (χ0v) is 13.5. The summed E-state index contributed by atoms with van der Waals surface area (Å²) in [5, 5.41) is 5.27. The van der Waals surface area contributed by atoms with E-state index in [9.17, 15) is 4.79 Å². The molecule has 2 rings (SSSR count). The molecule has 1 aromatic carbocycles. The topological polar surface area (TPSA) is 53.2 Å². The molecule has 0 aliphatic rings. The minimum absolute atomic E-state index is 0.180. The zero-order valence-electron chi connectivity index (χ0n) is 11.9. The minimum Gasteiger partial charge on any atom is -0.357 e. The highest BCUT2D eigenvalue weighted by atomic mass is 32.1. The fourth-order valence-corrected chi connectivity index (χ4v) is 2.73. The third-order valence-corrected chi connectivity index (χ3v) is 4.38. The molecule has 6 heteroatoms. The van der Waals surface area contributed by atoms with Crippen molar-refractivity contribution < 1.29 is 4.79 Å². The molecule has 0 aliphatic heterocycles. The number of carbonyl (C=O) groups excluding carboxylic acids is 1. The van der Waals surface area contributed by atoms with Crippen LogP contribution in [0, 0.1) is 13.8 Å². The number of benzene rings is 1. The Kier molecular flexibility index (Phi) is 5.30. The van der Waals surface area contributed by atoms with E-state index in [2.05, 4.69) is 16.2 Å². The van der Waals surface area contributed by atoms with Gasteiger partial charge >= 0.3 is 0 Å². The first-order chi connectivity index (χ1) is 10.1. The number of hydrogen-bond donors (Lipinski definition) is 3. The molecule has 0 unspecified atom stereocenters. The molecule has 3 N–H and O–H groups in total. The maximum atomic E-state index is 12.0. The number of thiophene rings is 1. The lowest BCUT2D eigenvalue weighted by atomic mass is 10.2. The van der Waals surface area contributed by atoms with E-state index in [1.54, 1.807) is 11.3 Å². The van der Waals surface area contributed by atoms with Crippen LogP contribution in [0.3, 0.4) is 0 Å². The van der Waals surface area contributed by atoms with Gasteiger partial charge in [0, 0.05) is 16.8 Å². The molecule has 1 amide bonds. The smallest absolute Gasteiger partial charge is 0.270 e. The summed E-state index contributed by atoms with van der Waals surface area (Å²) in [7, 11) is 0. The molecule has 21 heavy (non-hydrogen) atoms. The first-order valence-corrected chi connectivity index (χ1v) is 7.79. The summed E-state index contributed by atoms with van der Waals surface area (Å²) in [6.07, 6.45) is 0. The fraction of sp³-hybridized carbons (Fsp3) is 0.200. The lowest BCUT2D eigenvalue weighted by Gasteiger charge is -2.11. The van der Waals surface area contributed by atoms with Crippen molar-refractivity contribution in [2.24, 2.45) is 0 Å². The van der Waals surface area contributed by atoms with Crippen molar-refractivity contribution in [2.75, 3.05) is 0 Å². The highest BCUT2D eigenvalue weighted by molar-refractivity contribution is 7.80. The molecule has 0 fully saturated rings. The summed E-state index contributed by atoms with van der Waals surface area (Å²) in [6, 6.07) is 9.91. The molecule has 110 valence electrons. The second-order valence-electron chi connectivity index (χ2n) is 4.58. The van der Waals surface area contributed by atoms with Crippen LogP contribution in [0.25, 0.3) is 0 Å². The van der Waals surface area contributed by atoms with Gasteiger partial charge in [-0.25, -0.2) is 0 Å². The maximum absolute atomic E-state index is 12.0. The second-order valence-corrected chi connectivity index (χ2v) is 6.07. The van der Waals surface area contributed by atoms with Gasteiger partial charge in [-0.2, -0.15) is 0 Å². The molecule has 1 heterocycles. The molecule has 0 spiro atoms. The number of hydrazine groups is 1. The Labute approximate surface area is 133 Å². The monoisotopic (exact) mass is 319 g/mol. The molecule has 2 aromatic rings. The Morgan fingerprint density at radius 2 is 1.90 bits per heavy atom. The summed E-state index contributed by atoms with van der Waals surface area (Å²) in [5.74, 6) is -0.180. The number of thiocarbonyl (C=S) groups is 1. The van der Waals surface area contributed by atoms with Crippen LogP contribution in [-0.2, 0) is 6.54 Å². The number of nitrogens with one attached hydrogen (secondary N) is 3. The Morgan fingerprint density at radius 1 is 1.19 bits per heavy atom. The Hall–Kier alpha value is -1.92. The zero-order chi connectivity index (χ0) is 15.2. The van der Waals surface area contributed by atoms with Crippen molar-refractivity contribution in [1.29, 1.82) is 0 Å². The van der Waals surface area contributed by atoms with Gasteiger partial charge in [0.25, 0.3) is 5.91 Å². The van der Waals surface area contributed by atoms with Crippen LogP contribution in [0.4, 0.5) is 0 Å². The van der Waals surface area contributed by atoms with Gasteiger partial charge < -0.3 is 5.32 Å². The van der Waals surface area contributed by atoms with Crippen LogP contribution in [0.1, 0.15) is 26.4 Å². The first-order valence-electron chi connectivity index (χ1n) is 6.50. The van der Waals surface area contributed by atoms with E-state index < -0.39 is 0 Å². The summed E-state index contributed by atoms with van der Waals surface area (Å²) in [4.78, 5) is 13.1. The third-order valence-electron chi connectivity index (χ3n) is 3.12. The van der Waals surface area contributed by atoms with E-state index in [1.807, 2.05) is 49.6 Å². The first kappa shape index (κ1) is 15.5. The summed E-state index contributed by atoms with van der Waals surface area (Å²) in [5.41, 5.74) is 8.12. The molecular formula is C15H17N3OS2. The normalized spacial score (nSPS) is 10.0. The molecule has 4 nitrogen and oxygen atoms in total. The van der Waals surface area contributed by atoms with Gasteiger partial charge in [0.1, 0.15) is 0 Å². The van der Waals surface area contributed by atoms with Gasteiger partial charge in [0.2, 0.25) is 0 Å². The largest absolute Gasteiger partial charge is 0.357 e. The van der Waals surface area contributed by atoms with Crippen LogP contribution in [0.5, 0.6) is 0 Å². The standard InChI is InChI=1S/C15H17N3OS2/c1-10-11(2)21-9-13(10)14(19)17-18-15(20)16-8-12-6-4-3-5-7-12/h3-7,9H,8H2,1-2H3,(H,17,19)(H2,16,18,20). The van der Waals surface area contributed by atoms with Gasteiger partial charge in [-0.3, -0.25) is 15.6 Å². The van der Waals surface area contributed by atoms with Crippen molar-refractivity contribution in [3.63, 3.8) is 0 Å². The minimum atomic E-state index is -0.180. The van der Waals surface area contributed by atoms with E-state index in [0.29, 0.717) is 17.2 Å². The van der Waals surface area contributed by atoms with Crippen LogP contribution in [-0.4, -0.2) is 11.0 Å². The molecule has 0 aliphatic carbocycles. The predicted molar refractivity (Wildman–Crippen MR) is 90.3 cm³/mol. The van der Waals surface area contributed by atoms with E-state index >= 15 is 0 Å². The van der Waals surface area contributed by atoms with E-state index in [4.69, 9.17) is 12.2 Å². The van der Waals surface area contributed by atoms with Crippen molar-refractivity contribution in [1.82, 2.24) is 16.2 Å². The number of rotatable bonds is 3. The summed E-state index contributed by atoms with van der Waals surface area (Å²) < 4.78 is 0. The molecule has 0 saturated carbocycles. The quantitative estimate of drug-likeness (QED) is 0.601. The highest BCUT2D eigenvalue weighted by Gasteiger charge is 2.12. The fourth-order valence-electron chi connectivity index (χ4n) is 1.74. The average Bonchev–Trinajstić information content (AvgIpc) is 2.83. The van der Waals surface area contributed by atoms with Crippen molar-refractivity contribution in [3.8, 4) is 0 Å². The van der Waals surface area contributed by atoms with Gasteiger partial charge in [-0.15, -0.1) is 11.3 Å². The van der Waals surface area contributed by atoms with Gasteiger partial charge in [0.05, 0.1) is 5.56 Å². The third kappa shape index (κ3) is 4.27. The molecule has 0 bridgehead atoms. The lowest BCUT2D eigenvalue weighted by molar-refractivity contribution is 0.0943. The van der Waals surface area contributed by atoms with Gasteiger partial charge in [-0.1, -0.05) is 30.3 Å². The molecule has 1 aromatic heterocycles. The van der Waals surface area contributed by atoms with Crippen molar-refractivity contribution >= 4 is 34.6 Å². The summed E-state index contributed by atoms with van der Waals surface area (Å²) in [6.45, 7) is 4.54. The van der Waals surface area contributed by atoms with Gasteiger partial charge in [-0.05, 0) is 37.2 Å². The number of amides is 1. The second kappa shape index (κ2) is 7.19. The van der Waals surface area contributed by atoms with Crippen LogP contribution >= 0.6 is 23.6 Å². The van der Waals surface area contributed by atoms with Crippen molar-refractivity contribution in [2.45, 2.75) is 20.4 Å². The van der Waals surface area contributed by atoms with Crippen LogP contribution in [0.15, 0.2) is 35.7 Å². The Bertz CT molecular complexity index is 638. The molecule has 0 saturated heterocycles. The van der Waals surface area contributed by atoms with Crippen LogP contribution < -0.4 is 16.2 Å².